The molecule has 57 heavy (non-hydrogen) atoms. The van der Waals surface area contributed by atoms with Gasteiger partial charge < -0.3 is 84.2 Å². The molecule has 0 bridgehead atoms. The van der Waals surface area contributed by atoms with E-state index in [9.17, 15) is 65.4 Å². The topological polar surface area (TPSA) is 318 Å². The van der Waals surface area contributed by atoms with Crippen LogP contribution in [0.5, 0.6) is 23.0 Å². The lowest BCUT2D eigenvalue weighted by Gasteiger charge is -2.44. The van der Waals surface area contributed by atoms with Gasteiger partial charge in [0, 0.05) is 6.08 Å². The summed E-state index contributed by atoms with van der Waals surface area (Å²) in [4.78, 5) is 37.1. The first-order valence-corrected chi connectivity index (χ1v) is 17.4. The highest BCUT2D eigenvalue weighted by molar-refractivity contribution is 5.87. The number of carbonyl (C=O) groups excluding carboxylic acids is 2. The third kappa shape index (κ3) is 11.8. The van der Waals surface area contributed by atoms with Gasteiger partial charge in [0.25, 0.3) is 0 Å². The van der Waals surface area contributed by atoms with Crippen LogP contribution >= 0.6 is 0 Å². The van der Waals surface area contributed by atoms with Crippen LogP contribution in [0, 0.1) is 0 Å². The molecule has 2 fully saturated rings. The summed E-state index contributed by atoms with van der Waals surface area (Å²) in [6, 6.07) is 8.41. The van der Waals surface area contributed by atoms with Crippen LogP contribution in [0.4, 0.5) is 0 Å². The number of aliphatic hydroxyl groups is 7. The second kappa shape index (κ2) is 20.0. The van der Waals surface area contributed by atoms with Gasteiger partial charge in [-0.2, -0.15) is 0 Å². The molecule has 0 radical (unpaired) electrons. The van der Waals surface area contributed by atoms with Crippen LogP contribution in [0.1, 0.15) is 30.9 Å². The fourth-order valence-electron chi connectivity index (χ4n) is 5.90. The van der Waals surface area contributed by atoms with Crippen LogP contribution in [0.3, 0.4) is 0 Å². The quantitative estimate of drug-likeness (QED) is 0.0645. The minimum absolute atomic E-state index is 0.00991. The van der Waals surface area contributed by atoms with Crippen LogP contribution in [0.25, 0.3) is 12.2 Å². The Hall–Kier alpha value is -4.87. The van der Waals surface area contributed by atoms with Crippen molar-refractivity contribution < 1.29 is 98.6 Å². The van der Waals surface area contributed by atoms with E-state index < -0.39 is 117 Å². The molecule has 0 saturated carbocycles. The highest BCUT2D eigenvalue weighted by Gasteiger charge is 2.50. The first kappa shape index (κ1) is 44.8. The van der Waals surface area contributed by atoms with Gasteiger partial charge in [-0.15, -0.1) is 0 Å². The highest BCUT2D eigenvalue weighted by atomic mass is 16.7. The van der Waals surface area contributed by atoms with Crippen molar-refractivity contribution >= 4 is 30.1 Å². The van der Waals surface area contributed by atoms with E-state index >= 15 is 0 Å². The second-order valence-corrected chi connectivity index (χ2v) is 13.3. The van der Waals surface area contributed by atoms with E-state index in [1.807, 2.05) is 0 Å². The van der Waals surface area contributed by atoms with Crippen LogP contribution < -0.4 is 9.47 Å². The predicted molar refractivity (Wildman–Crippen MR) is 190 cm³/mol. The Bertz CT molecular complexity index is 1730. The van der Waals surface area contributed by atoms with Crippen molar-refractivity contribution in [2.45, 2.75) is 86.8 Å². The second-order valence-electron chi connectivity index (χ2n) is 13.3. The van der Waals surface area contributed by atoms with Gasteiger partial charge in [0.15, 0.2) is 23.9 Å². The van der Waals surface area contributed by atoms with Crippen LogP contribution in [-0.4, -0.2) is 163 Å². The molecule has 0 aliphatic carbocycles. The number of esters is 2. The van der Waals surface area contributed by atoms with Gasteiger partial charge in [0.2, 0.25) is 12.0 Å². The molecule has 2 heterocycles. The van der Waals surface area contributed by atoms with E-state index in [1.54, 1.807) is 0 Å². The molecule has 4 rings (SSSR count). The number of benzene rings is 2. The van der Waals surface area contributed by atoms with Crippen molar-refractivity contribution in [3.05, 3.63) is 59.7 Å². The summed E-state index contributed by atoms with van der Waals surface area (Å²) in [5.41, 5.74) is -1.07. The van der Waals surface area contributed by atoms with Crippen molar-refractivity contribution in [2.75, 3.05) is 26.9 Å². The van der Waals surface area contributed by atoms with Crippen LogP contribution in [-0.2, 0) is 38.1 Å². The van der Waals surface area contributed by atoms with E-state index in [0.29, 0.717) is 11.1 Å². The van der Waals surface area contributed by atoms with E-state index in [1.165, 1.54) is 68.7 Å². The average molecular weight is 811 g/mol. The molecule has 2 aromatic carbocycles. The molecule has 10 N–H and O–H groups in total. The molecule has 11 unspecified atom stereocenters. The highest BCUT2D eigenvalue weighted by Crippen LogP contribution is 2.40. The normalized spacial score (nSPS) is 28.8. The van der Waals surface area contributed by atoms with E-state index in [4.69, 9.17) is 33.2 Å². The zero-order chi connectivity index (χ0) is 42.0. The van der Waals surface area contributed by atoms with Crippen molar-refractivity contribution in [3.8, 4) is 23.0 Å². The SMILES string of the molecule is COc1cc(C=CCOC(=O)CC(C)(CC(=O)O)OC2OC(CO)C(OC(=O)C=Cc3ccc(O)cc3)C(O)C2O)cc(O)c1OC1OC(CO)C(O)C(O)C1O. The average Bonchev–Trinajstić information content (AvgIpc) is 3.16. The molecule has 0 amide bonds. The number of aliphatic carboxylic acids is 1. The maximum atomic E-state index is 12.9. The van der Waals surface area contributed by atoms with Crippen molar-refractivity contribution in [2.24, 2.45) is 0 Å². The number of phenols is 2. The van der Waals surface area contributed by atoms with Crippen molar-refractivity contribution in [3.63, 3.8) is 0 Å². The van der Waals surface area contributed by atoms with Gasteiger partial charge in [-0.1, -0.05) is 18.2 Å². The number of phenolic OH excluding ortho intramolecular Hbond substituents is 2. The number of ether oxygens (including phenoxy) is 7. The summed E-state index contributed by atoms with van der Waals surface area (Å²) in [6.45, 7) is -0.676. The van der Waals surface area contributed by atoms with Crippen molar-refractivity contribution in [1.82, 2.24) is 0 Å². The molecular weight excluding hydrogens is 764 g/mol. The summed E-state index contributed by atoms with van der Waals surface area (Å²) in [5.74, 6) is -4.19. The smallest absolute Gasteiger partial charge is 0.331 e. The third-order valence-corrected chi connectivity index (χ3v) is 8.83. The number of aromatic hydroxyl groups is 2. The summed E-state index contributed by atoms with van der Waals surface area (Å²) in [6.07, 6.45) is -13.0. The number of aliphatic hydroxyl groups excluding tert-OH is 7. The summed E-state index contributed by atoms with van der Waals surface area (Å²) in [7, 11) is 1.25. The van der Waals surface area contributed by atoms with Crippen LogP contribution in [0.2, 0.25) is 0 Å². The monoisotopic (exact) mass is 810 g/mol. The number of carbonyl (C=O) groups is 3. The minimum Gasteiger partial charge on any atom is -0.508 e. The Morgan fingerprint density at radius 2 is 1.46 bits per heavy atom. The molecule has 0 spiro atoms. The Balaban J connectivity index is 1.35. The standard InChI is InChI=1S/C37H46O20/c1-37(14-25(42)43,57-36-32(50)30(48)34(24(17-39)54-36)55-26(44)10-7-18-5-8-20(40)9-6-18)15-27(45)52-11-3-4-19-12-21(41)33(22(13-19)51-2)56-35-31(49)29(47)28(46)23(16-38)53-35/h3-10,12-13,23-24,28-32,34-36,38-41,46-50H,11,14-17H2,1-2H3,(H,42,43). The van der Waals surface area contributed by atoms with E-state index in [-0.39, 0.29) is 23.9 Å². The molecule has 314 valence electrons. The summed E-state index contributed by atoms with van der Waals surface area (Å²) < 4.78 is 37.8. The third-order valence-electron chi connectivity index (χ3n) is 8.83. The zero-order valence-electron chi connectivity index (χ0n) is 30.6. The van der Waals surface area contributed by atoms with Gasteiger partial charge in [0.05, 0.1) is 38.8 Å². The Morgan fingerprint density at radius 1 is 0.807 bits per heavy atom. The van der Waals surface area contributed by atoms with E-state index in [0.717, 1.165) is 6.08 Å². The minimum atomic E-state index is -1.94. The Kier molecular flexibility index (Phi) is 15.7. The maximum absolute atomic E-state index is 12.9. The first-order valence-electron chi connectivity index (χ1n) is 17.4. The molecule has 11 atom stereocenters. The molecular formula is C37H46O20. The van der Waals surface area contributed by atoms with Gasteiger partial charge in [-0.25, -0.2) is 4.79 Å². The fraction of sp³-hybridized carbons (Fsp3) is 0.486. The molecule has 20 nitrogen and oxygen atoms in total. The number of hydrogen-bond acceptors (Lipinski definition) is 19. The maximum Gasteiger partial charge on any atom is 0.331 e. The molecule has 2 saturated heterocycles. The molecule has 2 aliphatic heterocycles. The first-order chi connectivity index (χ1) is 27.0. The number of carboxylic acid groups (broad SMARTS) is 1. The van der Waals surface area contributed by atoms with Crippen molar-refractivity contribution in [1.29, 1.82) is 0 Å². The molecule has 20 heteroatoms. The van der Waals surface area contributed by atoms with Crippen LogP contribution in [0.15, 0.2) is 48.6 Å². The van der Waals surface area contributed by atoms with E-state index in [2.05, 4.69) is 0 Å². The number of rotatable bonds is 17. The number of hydrogen-bond donors (Lipinski definition) is 10. The summed E-state index contributed by atoms with van der Waals surface area (Å²) >= 11 is 0. The van der Waals surface area contributed by atoms with Gasteiger partial charge in [-0.3, -0.25) is 9.59 Å². The van der Waals surface area contributed by atoms with Gasteiger partial charge >= 0.3 is 17.9 Å². The zero-order valence-corrected chi connectivity index (χ0v) is 30.6. The fourth-order valence-corrected chi connectivity index (χ4v) is 5.90. The molecule has 2 aliphatic rings. The number of methoxy groups -OCH3 is 1. The summed E-state index contributed by atoms with van der Waals surface area (Å²) in [5, 5.41) is 101. The van der Waals surface area contributed by atoms with Gasteiger partial charge in [-0.05, 0) is 54.5 Å². The lowest BCUT2D eigenvalue weighted by molar-refractivity contribution is -0.326. The largest absolute Gasteiger partial charge is 0.508 e. The lowest BCUT2D eigenvalue weighted by atomic mass is 9.95. The number of carboxylic acids is 1. The predicted octanol–water partition coefficient (Wildman–Crippen LogP) is -1.45. The molecule has 2 aromatic rings. The lowest BCUT2D eigenvalue weighted by Crippen LogP contribution is -2.61. The molecule has 0 aromatic heterocycles. The Labute approximate surface area is 324 Å². The van der Waals surface area contributed by atoms with Gasteiger partial charge in [0.1, 0.15) is 55.1 Å². The Morgan fingerprint density at radius 3 is 2.09 bits per heavy atom.